The van der Waals surface area contributed by atoms with Crippen molar-refractivity contribution in [1.29, 1.82) is 0 Å². The largest absolute Gasteiger partial charge is 0.493 e. The van der Waals surface area contributed by atoms with Crippen LogP contribution in [0, 0.1) is 34.4 Å². The zero-order valence-corrected chi connectivity index (χ0v) is 31.5. The topological polar surface area (TPSA) is 103 Å². The number of anilines is 2. The second-order valence-electron chi connectivity index (χ2n) is 15.3. The van der Waals surface area contributed by atoms with Crippen LogP contribution in [-0.4, -0.2) is 73.0 Å². The van der Waals surface area contributed by atoms with Crippen molar-refractivity contribution in [1.82, 2.24) is 14.9 Å². The monoisotopic (exact) mass is 742 g/mol. The molecule has 8 rings (SSSR count). The molecule has 1 saturated heterocycles. The lowest BCUT2D eigenvalue weighted by Gasteiger charge is -2.56. The first kappa shape index (κ1) is 37.2. The van der Waals surface area contributed by atoms with Crippen molar-refractivity contribution >= 4 is 45.6 Å². The predicted molar refractivity (Wildman–Crippen MR) is 204 cm³/mol. The van der Waals surface area contributed by atoms with E-state index in [-0.39, 0.29) is 21.6 Å². The van der Waals surface area contributed by atoms with Crippen molar-refractivity contribution in [3.05, 3.63) is 83.5 Å². The number of carbonyl (C=O) groups is 2. The number of methoxy groups -OCH3 is 1. The van der Waals surface area contributed by atoms with Crippen LogP contribution in [0.5, 0.6) is 11.5 Å². The van der Waals surface area contributed by atoms with E-state index in [9.17, 15) is 14.0 Å². The van der Waals surface area contributed by atoms with Crippen LogP contribution >= 0.6 is 11.6 Å². The third kappa shape index (κ3) is 7.38. The first-order valence-corrected chi connectivity index (χ1v) is 19.0. The quantitative estimate of drug-likeness (QED) is 0.228. The lowest BCUT2D eigenvalue weighted by Crippen LogP contribution is -2.50. The van der Waals surface area contributed by atoms with Gasteiger partial charge in [-0.25, -0.2) is 14.4 Å². The molecule has 11 heteroatoms. The Labute approximate surface area is 315 Å². The highest BCUT2D eigenvalue weighted by atomic mass is 35.5. The summed E-state index contributed by atoms with van der Waals surface area (Å²) in [6.07, 6.45) is 12.8. The number of carbonyl (C=O) groups excluding carboxylic acids is 2. The first-order chi connectivity index (χ1) is 25.5. The van der Waals surface area contributed by atoms with Gasteiger partial charge in [0, 0.05) is 54.0 Å². The molecule has 0 amide bonds. The van der Waals surface area contributed by atoms with Gasteiger partial charge in [0.25, 0.3) is 0 Å². The molecule has 1 aromatic heterocycles. The molecule has 3 aromatic rings. The van der Waals surface area contributed by atoms with Gasteiger partial charge in [-0.2, -0.15) is 0 Å². The molecule has 4 aliphatic carbocycles. The Morgan fingerprint density at radius 2 is 1.91 bits per heavy atom. The summed E-state index contributed by atoms with van der Waals surface area (Å²) < 4.78 is 30.4. The van der Waals surface area contributed by atoms with E-state index in [1.165, 1.54) is 18.5 Å². The van der Waals surface area contributed by atoms with Crippen LogP contribution in [0.25, 0.3) is 10.9 Å². The fourth-order valence-electron chi connectivity index (χ4n) is 9.42. The maximum absolute atomic E-state index is 13.5. The lowest BCUT2D eigenvalue weighted by molar-refractivity contribution is -0.131. The van der Waals surface area contributed by atoms with Gasteiger partial charge in [0.05, 0.1) is 37.5 Å². The normalized spacial score (nSPS) is 28.0. The first-order valence-electron chi connectivity index (χ1n) is 18.6. The summed E-state index contributed by atoms with van der Waals surface area (Å²) in [5, 5.41) is 3.97. The van der Waals surface area contributed by atoms with E-state index in [2.05, 4.69) is 46.7 Å². The Morgan fingerprint density at radius 1 is 1.09 bits per heavy atom. The molecule has 2 aromatic carbocycles. The van der Waals surface area contributed by atoms with Crippen LogP contribution in [0.3, 0.4) is 0 Å². The summed E-state index contributed by atoms with van der Waals surface area (Å²) in [5.74, 6) is 3.45. The Bertz CT molecular complexity index is 1980. The molecule has 0 bridgehead atoms. The van der Waals surface area contributed by atoms with E-state index in [0.29, 0.717) is 58.7 Å². The summed E-state index contributed by atoms with van der Waals surface area (Å²) in [5.41, 5.74) is 3.41. The van der Waals surface area contributed by atoms with Crippen LogP contribution in [0.4, 0.5) is 15.9 Å². The fourth-order valence-corrected chi connectivity index (χ4v) is 9.60. The molecule has 2 heterocycles. The molecule has 5 atom stereocenters. The highest BCUT2D eigenvalue weighted by Gasteiger charge is 2.59. The Balaban J connectivity index is 0.000000173. The summed E-state index contributed by atoms with van der Waals surface area (Å²) in [6.45, 7) is 13.8. The minimum atomic E-state index is -0.475. The molecule has 4 fully saturated rings. The molecule has 9 nitrogen and oxygen atoms in total. The maximum Gasteiger partial charge on any atom is 0.178 e. The molecular formula is C42H48ClFN4O5. The van der Waals surface area contributed by atoms with Gasteiger partial charge in [-0.05, 0) is 91.8 Å². The number of rotatable bonds is 8. The zero-order chi connectivity index (χ0) is 37.3. The molecule has 53 heavy (non-hydrogen) atoms. The smallest absolute Gasteiger partial charge is 0.178 e. The molecule has 280 valence electrons. The van der Waals surface area contributed by atoms with Crippen LogP contribution < -0.4 is 14.8 Å². The minimum absolute atomic E-state index is 0.0364. The number of nitrogens with one attached hydrogen (secondary N) is 1. The zero-order valence-electron chi connectivity index (χ0n) is 30.8. The molecule has 0 radical (unpaired) electrons. The van der Waals surface area contributed by atoms with Gasteiger partial charge in [0.1, 0.15) is 23.7 Å². The van der Waals surface area contributed by atoms with Gasteiger partial charge >= 0.3 is 0 Å². The SMILES string of the molecule is C=C1C[C@@H]2[C@H](CC[C@]3(C)C(=O)CC[C@@H]23)[C@@]2(C)C=CC(=O)C=C12.COc1cc2ncnc(Nc3ccc(F)c(Cl)c3)c2cc1OCCCN1CCOCC1. The van der Waals surface area contributed by atoms with Gasteiger partial charge in [0.2, 0.25) is 0 Å². The number of aromatic nitrogens is 2. The number of Topliss-reactive ketones (excluding diaryl/α,β-unsaturated/α-hetero) is 1. The Morgan fingerprint density at radius 3 is 2.68 bits per heavy atom. The molecular weight excluding hydrogens is 695 g/mol. The van der Waals surface area contributed by atoms with Crippen LogP contribution in [-0.2, 0) is 14.3 Å². The standard InChI is InChI=1S/C22H24ClFN4O3.C20H24O2/c1-29-20-13-19-16(12-21(20)31-8-2-5-28-6-9-30-10-7-28)22(26-14-25-19)27-15-3-4-18(24)17(23)11-15;1-12-10-14-15-4-5-18(22)20(15,3)9-7-16(14)19(2)8-6-13(21)11-17(12)19/h3-4,11-14H,2,5-10H2,1H3,(H,25,26,27);6,8,11,14-16H,1,4-5,7,9-10H2,2-3H3/t;14-,15-,16-,19+,20-/m.0/s1. The van der Waals surface area contributed by atoms with Crippen molar-refractivity contribution in [3.63, 3.8) is 0 Å². The molecule has 5 aliphatic rings. The van der Waals surface area contributed by atoms with E-state index in [0.717, 1.165) is 87.9 Å². The lowest BCUT2D eigenvalue weighted by atomic mass is 9.48. The van der Waals surface area contributed by atoms with Crippen molar-refractivity contribution < 1.29 is 28.2 Å². The average Bonchev–Trinajstić information content (AvgIpc) is 3.46. The summed E-state index contributed by atoms with van der Waals surface area (Å²) in [7, 11) is 1.60. The number of allylic oxidation sites excluding steroid dienone is 5. The average molecular weight is 743 g/mol. The molecule has 1 aliphatic heterocycles. The number of morpholine rings is 1. The van der Waals surface area contributed by atoms with E-state index in [4.69, 9.17) is 25.8 Å². The van der Waals surface area contributed by atoms with Crippen LogP contribution in [0.2, 0.25) is 5.02 Å². The minimum Gasteiger partial charge on any atom is -0.493 e. The third-order valence-corrected chi connectivity index (χ3v) is 12.6. The fraction of sp³-hybridized carbons (Fsp3) is 0.476. The number of benzene rings is 2. The van der Waals surface area contributed by atoms with Crippen molar-refractivity contribution in [3.8, 4) is 11.5 Å². The van der Waals surface area contributed by atoms with E-state index < -0.39 is 5.82 Å². The number of ketones is 2. The number of ether oxygens (including phenoxy) is 3. The van der Waals surface area contributed by atoms with Crippen molar-refractivity contribution in [2.45, 2.75) is 52.4 Å². The van der Waals surface area contributed by atoms with Gasteiger partial charge in [-0.3, -0.25) is 14.5 Å². The highest BCUT2D eigenvalue weighted by molar-refractivity contribution is 6.31. The van der Waals surface area contributed by atoms with Gasteiger partial charge in [-0.1, -0.05) is 43.7 Å². The Kier molecular flexibility index (Phi) is 10.8. The Hall–Kier alpha value is -4.12. The third-order valence-electron chi connectivity index (χ3n) is 12.3. The van der Waals surface area contributed by atoms with Crippen LogP contribution in [0.1, 0.15) is 52.4 Å². The molecule has 1 N–H and O–H groups in total. The van der Waals surface area contributed by atoms with E-state index in [1.54, 1.807) is 25.3 Å². The van der Waals surface area contributed by atoms with Crippen molar-refractivity contribution in [2.24, 2.45) is 28.6 Å². The number of hydrogen-bond donors (Lipinski definition) is 1. The second kappa shape index (κ2) is 15.3. The summed E-state index contributed by atoms with van der Waals surface area (Å²) >= 11 is 5.90. The maximum atomic E-state index is 13.5. The number of nitrogens with zero attached hydrogens (tertiary/aromatic N) is 3. The summed E-state index contributed by atoms with van der Waals surface area (Å²) in [6, 6.07) is 8.09. The number of fused-ring (bicyclic) bond motifs is 6. The number of halogens is 2. The number of hydrogen-bond acceptors (Lipinski definition) is 9. The predicted octanol–water partition coefficient (Wildman–Crippen LogP) is 8.31. The molecule has 0 spiro atoms. The van der Waals surface area contributed by atoms with E-state index in [1.807, 2.05) is 12.1 Å². The van der Waals surface area contributed by atoms with Gasteiger partial charge in [-0.15, -0.1) is 0 Å². The second-order valence-corrected chi connectivity index (χ2v) is 15.7. The molecule has 3 saturated carbocycles. The van der Waals surface area contributed by atoms with Gasteiger partial charge < -0.3 is 19.5 Å². The highest BCUT2D eigenvalue weighted by Crippen LogP contribution is 2.64. The van der Waals surface area contributed by atoms with E-state index >= 15 is 0 Å². The molecule has 0 unspecified atom stereocenters. The summed E-state index contributed by atoms with van der Waals surface area (Å²) in [4.78, 5) is 35.2. The van der Waals surface area contributed by atoms with Crippen LogP contribution in [0.15, 0.2) is 72.6 Å². The van der Waals surface area contributed by atoms with Crippen molar-refractivity contribution in [2.75, 3.05) is 51.9 Å². The van der Waals surface area contributed by atoms with Gasteiger partial charge in [0.15, 0.2) is 17.3 Å².